The van der Waals surface area contributed by atoms with Gasteiger partial charge >= 0.3 is 0 Å². The van der Waals surface area contributed by atoms with E-state index in [-0.39, 0.29) is 6.04 Å². The maximum absolute atomic E-state index is 12.2. The summed E-state index contributed by atoms with van der Waals surface area (Å²) in [6, 6.07) is 1.49. The lowest BCUT2D eigenvalue weighted by atomic mass is 10.2. The first-order chi connectivity index (χ1) is 7.57. The van der Waals surface area contributed by atoms with Crippen LogP contribution in [0.4, 0.5) is 0 Å². The molecule has 2 rings (SSSR count). The van der Waals surface area contributed by atoms with Gasteiger partial charge in [0.25, 0.3) is 0 Å². The van der Waals surface area contributed by atoms with E-state index in [4.69, 9.17) is 5.73 Å². The van der Waals surface area contributed by atoms with E-state index in [9.17, 15) is 8.42 Å². The predicted molar refractivity (Wildman–Crippen MR) is 61.3 cm³/mol. The standard InChI is InChI=1S/C10H17N3O2S/c1-13(10(6-11)8-2-3-8)16(14,15)9-4-5-12-7-9/h4-5,7-8,10,12H,2-3,6,11H2,1H3. The van der Waals surface area contributed by atoms with E-state index >= 15 is 0 Å². The van der Waals surface area contributed by atoms with Gasteiger partial charge in [0.15, 0.2) is 0 Å². The van der Waals surface area contributed by atoms with Crippen molar-refractivity contribution in [3.63, 3.8) is 0 Å². The van der Waals surface area contributed by atoms with Crippen LogP contribution in [0.5, 0.6) is 0 Å². The van der Waals surface area contributed by atoms with Crippen molar-refractivity contribution >= 4 is 10.0 Å². The van der Waals surface area contributed by atoms with Gasteiger partial charge in [0.05, 0.1) is 4.90 Å². The fourth-order valence-corrected chi connectivity index (χ4v) is 3.34. The molecule has 1 atom stereocenters. The molecule has 0 bridgehead atoms. The SMILES string of the molecule is CN(C(CN)C1CC1)S(=O)(=O)c1cc[nH]c1. The average molecular weight is 243 g/mol. The van der Waals surface area contributed by atoms with Crippen LogP contribution in [0, 0.1) is 5.92 Å². The number of nitrogens with zero attached hydrogens (tertiary/aromatic N) is 1. The van der Waals surface area contributed by atoms with Gasteiger partial charge in [-0.1, -0.05) is 0 Å². The van der Waals surface area contributed by atoms with Crippen LogP contribution < -0.4 is 5.73 Å². The first-order valence-electron chi connectivity index (χ1n) is 5.38. The third-order valence-electron chi connectivity index (χ3n) is 3.12. The van der Waals surface area contributed by atoms with E-state index in [1.807, 2.05) is 0 Å². The Hall–Kier alpha value is -0.850. The number of sulfonamides is 1. The van der Waals surface area contributed by atoms with Crippen LogP contribution in [0.1, 0.15) is 12.8 Å². The highest BCUT2D eigenvalue weighted by Gasteiger charge is 2.38. The van der Waals surface area contributed by atoms with Crippen molar-refractivity contribution in [1.82, 2.24) is 9.29 Å². The van der Waals surface area contributed by atoms with Gasteiger partial charge in [0, 0.05) is 32.0 Å². The van der Waals surface area contributed by atoms with Crippen LogP contribution in [0.3, 0.4) is 0 Å². The average Bonchev–Trinajstić information content (AvgIpc) is 2.93. The second-order valence-corrected chi connectivity index (χ2v) is 6.21. The van der Waals surface area contributed by atoms with E-state index < -0.39 is 10.0 Å². The monoisotopic (exact) mass is 243 g/mol. The zero-order chi connectivity index (χ0) is 11.8. The van der Waals surface area contributed by atoms with Crippen LogP contribution in [-0.4, -0.2) is 37.3 Å². The summed E-state index contributed by atoms with van der Waals surface area (Å²) >= 11 is 0. The van der Waals surface area contributed by atoms with Crippen LogP contribution >= 0.6 is 0 Å². The zero-order valence-corrected chi connectivity index (χ0v) is 10.1. The van der Waals surface area contributed by atoms with Crippen molar-refractivity contribution in [2.24, 2.45) is 11.7 Å². The quantitative estimate of drug-likeness (QED) is 0.784. The van der Waals surface area contributed by atoms with Crippen molar-refractivity contribution in [2.45, 2.75) is 23.8 Å². The van der Waals surface area contributed by atoms with Crippen molar-refractivity contribution in [3.8, 4) is 0 Å². The molecule has 1 aromatic rings. The van der Waals surface area contributed by atoms with Crippen molar-refractivity contribution in [3.05, 3.63) is 18.5 Å². The molecule has 90 valence electrons. The first kappa shape index (κ1) is 11.6. The lowest BCUT2D eigenvalue weighted by Gasteiger charge is -2.25. The minimum absolute atomic E-state index is 0.0695. The maximum atomic E-state index is 12.2. The zero-order valence-electron chi connectivity index (χ0n) is 9.26. The highest BCUT2D eigenvalue weighted by atomic mass is 32.2. The molecular weight excluding hydrogens is 226 g/mol. The fourth-order valence-electron chi connectivity index (χ4n) is 1.93. The largest absolute Gasteiger partial charge is 0.366 e. The summed E-state index contributed by atoms with van der Waals surface area (Å²) in [4.78, 5) is 3.06. The Kier molecular flexibility index (Phi) is 3.05. The highest BCUT2D eigenvalue weighted by molar-refractivity contribution is 7.89. The van der Waals surface area contributed by atoms with E-state index in [1.54, 1.807) is 19.3 Å². The molecule has 0 amide bonds. The number of aromatic nitrogens is 1. The van der Waals surface area contributed by atoms with Crippen LogP contribution in [0.15, 0.2) is 23.4 Å². The first-order valence-corrected chi connectivity index (χ1v) is 6.82. The van der Waals surface area contributed by atoms with Crippen LogP contribution in [0.2, 0.25) is 0 Å². The summed E-state index contributed by atoms with van der Waals surface area (Å²) in [5.41, 5.74) is 5.65. The molecule has 1 aromatic heterocycles. The summed E-state index contributed by atoms with van der Waals surface area (Å²) in [7, 11) is -1.78. The number of H-pyrrole nitrogens is 1. The third-order valence-corrected chi connectivity index (χ3v) is 5.00. The molecule has 5 nitrogen and oxygen atoms in total. The molecule has 1 unspecified atom stereocenters. The lowest BCUT2D eigenvalue weighted by Crippen LogP contribution is -2.43. The van der Waals surface area contributed by atoms with Crippen molar-refractivity contribution < 1.29 is 8.42 Å². The Bertz CT molecular complexity index is 437. The second kappa shape index (κ2) is 4.20. The topological polar surface area (TPSA) is 79.2 Å². The van der Waals surface area contributed by atoms with Gasteiger partial charge in [0.1, 0.15) is 0 Å². The number of hydrogen-bond donors (Lipinski definition) is 2. The van der Waals surface area contributed by atoms with Crippen molar-refractivity contribution in [1.29, 1.82) is 0 Å². The minimum Gasteiger partial charge on any atom is -0.366 e. The summed E-state index contributed by atoms with van der Waals surface area (Å²) in [5, 5.41) is 0. The fraction of sp³-hybridized carbons (Fsp3) is 0.600. The summed E-state index contributed by atoms with van der Waals surface area (Å²) in [6.45, 7) is 0.380. The number of likely N-dealkylation sites (N-methyl/N-ethyl adjacent to an activating group) is 1. The molecule has 1 saturated carbocycles. The molecule has 3 N–H and O–H groups in total. The molecule has 6 heteroatoms. The molecule has 1 heterocycles. The molecule has 0 radical (unpaired) electrons. The molecule has 0 aromatic carbocycles. The number of nitrogens with two attached hydrogens (primary N) is 1. The van der Waals surface area contributed by atoms with Crippen LogP contribution in [0.25, 0.3) is 0 Å². The molecule has 0 spiro atoms. The predicted octanol–water partition coefficient (Wildman–Crippen LogP) is 0.372. The summed E-state index contributed by atoms with van der Waals surface area (Å²) in [5.74, 6) is 0.434. The lowest BCUT2D eigenvalue weighted by molar-refractivity contribution is 0.340. The number of hydrogen-bond acceptors (Lipinski definition) is 3. The molecule has 0 aliphatic heterocycles. The summed E-state index contributed by atoms with van der Waals surface area (Å²) in [6.07, 6.45) is 5.26. The minimum atomic E-state index is -3.39. The van der Waals surface area contributed by atoms with Gasteiger partial charge in [-0.05, 0) is 24.8 Å². The summed E-state index contributed by atoms with van der Waals surface area (Å²) < 4.78 is 25.8. The molecular formula is C10H17N3O2S. The third kappa shape index (κ3) is 2.00. The van der Waals surface area contributed by atoms with E-state index in [2.05, 4.69) is 4.98 Å². The molecule has 1 aliphatic carbocycles. The number of aromatic amines is 1. The number of rotatable bonds is 5. The van der Waals surface area contributed by atoms with Gasteiger partial charge < -0.3 is 10.7 Å². The van der Waals surface area contributed by atoms with Gasteiger partial charge in [-0.3, -0.25) is 0 Å². The van der Waals surface area contributed by atoms with E-state index in [0.717, 1.165) is 12.8 Å². The Labute approximate surface area is 95.7 Å². The second-order valence-electron chi connectivity index (χ2n) is 4.21. The maximum Gasteiger partial charge on any atom is 0.244 e. The Morgan fingerprint density at radius 1 is 1.62 bits per heavy atom. The Morgan fingerprint density at radius 2 is 2.31 bits per heavy atom. The normalized spacial score (nSPS) is 18.9. The van der Waals surface area contributed by atoms with Gasteiger partial charge in [-0.15, -0.1) is 0 Å². The molecule has 1 fully saturated rings. The van der Waals surface area contributed by atoms with Gasteiger partial charge in [-0.25, -0.2) is 8.42 Å². The smallest absolute Gasteiger partial charge is 0.244 e. The van der Waals surface area contributed by atoms with Gasteiger partial charge in [0.2, 0.25) is 10.0 Å². The molecule has 1 aliphatic rings. The Morgan fingerprint density at radius 3 is 2.75 bits per heavy atom. The molecule has 16 heavy (non-hydrogen) atoms. The highest BCUT2D eigenvalue weighted by Crippen LogP contribution is 2.36. The van der Waals surface area contributed by atoms with E-state index in [1.165, 1.54) is 10.5 Å². The number of nitrogens with one attached hydrogen (secondary N) is 1. The van der Waals surface area contributed by atoms with Crippen LogP contribution in [-0.2, 0) is 10.0 Å². The van der Waals surface area contributed by atoms with E-state index in [0.29, 0.717) is 17.4 Å². The Balaban J connectivity index is 2.23. The molecule has 0 saturated heterocycles. The van der Waals surface area contributed by atoms with Gasteiger partial charge in [-0.2, -0.15) is 4.31 Å². The van der Waals surface area contributed by atoms with Crippen molar-refractivity contribution in [2.75, 3.05) is 13.6 Å².